The van der Waals surface area contributed by atoms with Crippen molar-refractivity contribution in [2.75, 3.05) is 33.7 Å². The van der Waals surface area contributed by atoms with Crippen molar-refractivity contribution in [2.24, 2.45) is 5.92 Å². The van der Waals surface area contributed by atoms with Crippen LogP contribution in [0.1, 0.15) is 19.3 Å². The molecule has 1 aliphatic heterocycles. The number of hydrogen-bond acceptors (Lipinski definition) is 2. The molecule has 0 spiro atoms. The minimum atomic E-state index is 0.968. The van der Waals surface area contributed by atoms with E-state index >= 15 is 0 Å². The van der Waals surface area contributed by atoms with E-state index in [1.165, 1.54) is 38.9 Å². The Morgan fingerprint density at radius 1 is 1.45 bits per heavy atom. The van der Waals surface area contributed by atoms with Crippen molar-refractivity contribution >= 4 is 0 Å². The molecule has 0 aromatic carbocycles. The van der Waals surface area contributed by atoms with E-state index in [1.54, 1.807) is 0 Å². The lowest BCUT2D eigenvalue weighted by atomic mass is 10.0. The highest BCUT2D eigenvalue weighted by Gasteiger charge is 2.13. The van der Waals surface area contributed by atoms with Crippen LogP contribution in [0.3, 0.4) is 0 Å². The van der Waals surface area contributed by atoms with Crippen molar-refractivity contribution in [1.82, 2.24) is 10.2 Å². The van der Waals surface area contributed by atoms with Gasteiger partial charge >= 0.3 is 0 Å². The molecule has 1 saturated heterocycles. The molecule has 0 aromatic rings. The SMILES string of the molecule is CN(C)CCC[C@H]1CCNC1. The predicted octanol–water partition coefficient (Wildman–Crippen LogP) is 0.938. The molecule has 11 heavy (non-hydrogen) atoms. The molecule has 2 heteroatoms. The zero-order valence-electron chi connectivity index (χ0n) is 7.77. The zero-order chi connectivity index (χ0) is 8.10. The monoisotopic (exact) mass is 156 g/mol. The molecular formula is C9H20N2. The third-order valence-corrected chi connectivity index (χ3v) is 2.38. The van der Waals surface area contributed by atoms with E-state index in [1.807, 2.05) is 0 Å². The van der Waals surface area contributed by atoms with Gasteiger partial charge in [-0.1, -0.05) is 0 Å². The summed E-state index contributed by atoms with van der Waals surface area (Å²) in [6.07, 6.45) is 4.16. The molecule has 1 atom stereocenters. The lowest BCUT2D eigenvalue weighted by Gasteiger charge is -2.11. The Balaban J connectivity index is 1.94. The summed E-state index contributed by atoms with van der Waals surface area (Å²) in [5, 5.41) is 3.40. The van der Waals surface area contributed by atoms with Crippen LogP contribution in [0.15, 0.2) is 0 Å². The summed E-state index contributed by atoms with van der Waals surface area (Å²) >= 11 is 0. The van der Waals surface area contributed by atoms with Crippen LogP contribution < -0.4 is 5.32 Å². The smallest absolute Gasteiger partial charge is 0.00200 e. The molecule has 1 rings (SSSR count). The molecule has 0 saturated carbocycles. The fraction of sp³-hybridized carbons (Fsp3) is 1.00. The highest BCUT2D eigenvalue weighted by Crippen LogP contribution is 2.13. The standard InChI is InChI=1S/C9H20N2/c1-11(2)7-3-4-9-5-6-10-8-9/h9-10H,3-8H2,1-2H3/t9-/m0/s1. The molecule has 2 nitrogen and oxygen atoms in total. The number of nitrogens with one attached hydrogen (secondary N) is 1. The molecule has 0 aromatic heterocycles. The summed E-state index contributed by atoms with van der Waals surface area (Å²) in [4.78, 5) is 2.27. The maximum Gasteiger partial charge on any atom is -0.00200 e. The Bertz CT molecular complexity index is 95.7. The first-order valence-corrected chi connectivity index (χ1v) is 4.64. The molecule has 1 aliphatic rings. The molecule has 1 N–H and O–H groups in total. The van der Waals surface area contributed by atoms with E-state index in [0.29, 0.717) is 0 Å². The van der Waals surface area contributed by atoms with Crippen LogP contribution in [0, 0.1) is 5.92 Å². The molecule has 1 fully saturated rings. The highest BCUT2D eigenvalue weighted by molar-refractivity contribution is 4.70. The third-order valence-electron chi connectivity index (χ3n) is 2.38. The first-order valence-electron chi connectivity index (χ1n) is 4.64. The molecule has 0 amide bonds. The van der Waals surface area contributed by atoms with Crippen molar-refractivity contribution in [3.05, 3.63) is 0 Å². The first kappa shape index (κ1) is 9.01. The maximum absolute atomic E-state index is 3.40. The van der Waals surface area contributed by atoms with E-state index in [-0.39, 0.29) is 0 Å². The van der Waals surface area contributed by atoms with Gasteiger partial charge in [0.15, 0.2) is 0 Å². The Labute approximate surface area is 70.0 Å². The van der Waals surface area contributed by atoms with Crippen LogP contribution in [0.5, 0.6) is 0 Å². The summed E-state index contributed by atoms with van der Waals surface area (Å²) in [5.74, 6) is 0.968. The van der Waals surface area contributed by atoms with E-state index in [4.69, 9.17) is 0 Å². The summed E-state index contributed by atoms with van der Waals surface area (Å²) in [6.45, 7) is 3.75. The van der Waals surface area contributed by atoms with Crippen LogP contribution in [0.4, 0.5) is 0 Å². The van der Waals surface area contributed by atoms with E-state index in [2.05, 4.69) is 24.3 Å². The fourth-order valence-electron chi connectivity index (χ4n) is 1.66. The van der Waals surface area contributed by atoms with Crippen molar-refractivity contribution in [3.63, 3.8) is 0 Å². The summed E-state index contributed by atoms with van der Waals surface area (Å²) in [6, 6.07) is 0. The van der Waals surface area contributed by atoms with Gasteiger partial charge in [-0.05, 0) is 58.9 Å². The van der Waals surface area contributed by atoms with Crippen LogP contribution in [0.25, 0.3) is 0 Å². The van der Waals surface area contributed by atoms with Crippen LogP contribution in [0.2, 0.25) is 0 Å². The second-order valence-electron chi connectivity index (χ2n) is 3.80. The van der Waals surface area contributed by atoms with Gasteiger partial charge in [-0.3, -0.25) is 0 Å². The van der Waals surface area contributed by atoms with Gasteiger partial charge in [-0.25, -0.2) is 0 Å². The topological polar surface area (TPSA) is 15.3 Å². The van der Waals surface area contributed by atoms with Crippen molar-refractivity contribution in [1.29, 1.82) is 0 Å². The molecule has 0 radical (unpaired) electrons. The second kappa shape index (κ2) is 4.73. The average Bonchev–Trinajstić information content (AvgIpc) is 2.39. The van der Waals surface area contributed by atoms with E-state index in [9.17, 15) is 0 Å². The largest absolute Gasteiger partial charge is 0.316 e. The maximum atomic E-state index is 3.40. The molecule has 0 unspecified atom stereocenters. The average molecular weight is 156 g/mol. The zero-order valence-corrected chi connectivity index (χ0v) is 7.77. The molecule has 0 aliphatic carbocycles. The van der Waals surface area contributed by atoms with Gasteiger partial charge in [0.25, 0.3) is 0 Å². The highest BCUT2D eigenvalue weighted by atomic mass is 15.0. The molecule has 1 heterocycles. The second-order valence-corrected chi connectivity index (χ2v) is 3.80. The summed E-state index contributed by atoms with van der Waals surface area (Å²) in [7, 11) is 4.29. The Hall–Kier alpha value is -0.0800. The van der Waals surface area contributed by atoms with Crippen LogP contribution >= 0.6 is 0 Å². The predicted molar refractivity (Wildman–Crippen MR) is 48.8 cm³/mol. The van der Waals surface area contributed by atoms with E-state index < -0.39 is 0 Å². The Morgan fingerprint density at radius 2 is 2.27 bits per heavy atom. The van der Waals surface area contributed by atoms with Gasteiger partial charge in [0.05, 0.1) is 0 Å². The third kappa shape index (κ3) is 3.73. The molecule has 66 valence electrons. The summed E-state index contributed by atoms with van der Waals surface area (Å²) < 4.78 is 0. The van der Waals surface area contributed by atoms with Crippen LogP contribution in [-0.4, -0.2) is 38.6 Å². The lowest BCUT2D eigenvalue weighted by Crippen LogP contribution is -2.15. The van der Waals surface area contributed by atoms with Crippen molar-refractivity contribution in [3.8, 4) is 0 Å². The van der Waals surface area contributed by atoms with Gasteiger partial charge in [0, 0.05) is 0 Å². The first-order chi connectivity index (χ1) is 5.29. The van der Waals surface area contributed by atoms with Crippen molar-refractivity contribution < 1.29 is 0 Å². The van der Waals surface area contributed by atoms with Gasteiger partial charge in [-0.15, -0.1) is 0 Å². The number of nitrogens with zero attached hydrogens (tertiary/aromatic N) is 1. The molecule has 0 bridgehead atoms. The van der Waals surface area contributed by atoms with Crippen LogP contribution in [-0.2, 0) is 0 Å². The Kier molecular flexibility index (Phi) is 3.87. The number of rotatable bonds is 4. The van der Waals surface area contributed by atoms with Gasteiger partial charge in [0.2, 0.25) is 0 Å². The van der Waals surface area contributed by atoms with Gasteiger partial charge in [-0.2, -0.15) is 0 Å². The minimum Gasteiger partial charge on any atom is -0.316 e. The minimum absolute atomic E-state index is 0.968. The van der Waals surface area contributed by atoms with Gasteiger partial charge < -0.3 is 10.2 Å². The van der Waals surface area contributed by atoms with E-state index in [0.717, 1.165) is 5.92 Å². The normalized spacial score (nSPS) is 24.8. The quantitative estimate of drug-likeness (QED) is 0.651. The Morgan fingerprint density at radius 3 is 2.82 bits per heavy atom. The molecular weight excluding hydrogens is 136 g/mol. The van der Waals surface area contributed by atoms with Crippen molar-refractivity contribution in [2.45, 2.75) is 19.3 Å². The fourth-order valence-corrected chi connectivity index (χ4v) is 1.66. The number of hydrogen-bond donors (Lipinski definition) is 1. The van der Waals surface area contributed by atoms with Gasteiger partial charge in [0.1, 0.15) is 0 Å². The lowest BCUT2D eigenvalue weighted by molar-refractivity contribution is 0.372. The summed E-state index contributed by atoms with van der Waals surface area (Å²) in [5.41, 5.74) is 0.